The maximum absolute atomic E-state index is 6.47. The third-order valence-corrected chi connectivity index (χ3v) is 5.53. The summed E-state index contributed by atoms with van der Waals surface area (Å²) >= 11 is 5.68. The molecule has 1 aromatic rings. The zero-order valence-corrected chi connectivity index (χ0v) is 14.8. The summed E-state index contributed by atoms with van der Waals surface area (Å²) in [5.41, 5.74) is 7.62. The molecule has 0 aromatic carbocycles. The van der Waals surface area contributed by atoms with Crippen LogP contribution in [-0.4, -0.2) is 46.8 Å². The Hall–Kier alpha value is -0.0400. The molecule has 0 amide bonds. The zero-order valence-electron chi connectivity index (χ0n) is 12.4. The average molecular weight is 361 g/mol. The second-order valence-electron chi connectivity index (χ2n) is 5.80. The molecule has 114 valence electrons. The Morgan fingerprint density at radius 1 is 1.50 bits per heavy atom. The quantitative estimate of drug-likeness (QED) is 0.846. The largest absolute Gasteiger partial charge is 0.323 e. The number of nitrogens with zero attached hydrogens (tertiary/aromatic N) is 3. The summed E-state index contributed by atoms with van der Waals surface area (Å²) in [6, 6.07) is 0.0853. The van der Waals surface area contributed by atoms with Crippen molar-refractivity contribution in [1.82, 2.24) is 14.7 Å². The Morgan fingerprint density at radius 3 is 2.85 bits per heavy atom. The van der Waals surface area contributed by atoms with E-state index >= 15 is 0 Å². The Bertz CT molecular complexity index is 415. The molecule has 0 saturated carbocycles. The third-order valence-electron chi connectivity index (χ3n) is 3.87. The number of likely N-dealkylation sites (N-methyl/N-ethyl adjacent to an activating group) is 1. The Labute approximate surface area is 134 Å². The molecular formula is C14H25BrN4S. The van der Waals surface area contributed by atoms with Gasteiger partial charge in [0.05, 0.1) is 22.9 Å². The molecule has 1 aliphatic heterocycles. The first-order valence-corrected chi connectivity index (χ1v) is 9.22. The summed E-state index contributed by atoms with van der Waals surface area (Å²) < 4.78 is 3.11. The number of halogens is 1. The van der Waals surface area contributed by atoms with Gasteiger partial charge in [-0.3, -0.25) is 4.68 Å². The van der Waals surface area contributed by atoms with Crippen LogP contribution in [-0.2, 0) is 6.54 Å². The zero-order chi connectivity index (χ0) is 14.5. The van der Waals surface area contributed by atoms with E-state index in [1.165, 1.54) is 24.3 Å². The molecule has 1 fully saturated rings. The number of rotatable bonds is 6. The summed E-state index contributed by atoms with van der Waals surface area (Å²) in [6.07, 6.45) is 5.57. The maximum atomic E-state index is 6.47. The van der Waals surface area contributed by atoms with E-state index in [0.717, 1.165) is 35.6 Å². The van der Waals surface area contributed by atoms with E-state index in [1.54, 1.807) is 0 Å². The van der Waals surface area contributed by atoms with Crippen LogP contribution in [0.5, 0.6) is 0 Å². The van der Waals surface area contributed by atoms with Gasteiger partial charge < -0.3 is 10.6 Å². The van der Waals surface area contributed by atoms with Crippen LogP contribution >= 0.6 is 27.7 Å². The highest BCUT2D eigenvalue weighted by atomic mass is 79.9. The second kappa shape index (κ2) is 7.82. The molecule has 1 aliphatic rings. The molecular weight excluding hydrogens is 336 g/mol. The molecule has 0 bridgehead atoms. The molecule has 1 atom stereocenters. The van der Waals surface area contributed by atoms with Crippen LogP contribution < -0.4 is 5.73 Å². The summed E-state index contributed by atoms with van der Waals surface area (Å²) in [4.78, 5) is 2.17. The highest BCUT2D eigenvalue weighted by molar-refractivity contribution is 9.10. The van der Waals surface area contributed by atoms with Crippen LogP contribution in [0, 0.1) is 5.92 Å². The Morgan fingerprint density at radius 2 is 2.20 bits per heavy atom. The fourth-order valence-electron chi connectivity index (χ4n) is 2.67. The van der Waals surface area contributed by atoms with Crippen molar-refractivity contribution in [2.45, 2.75) is 31.8 Å². The van der Waals surface area contributed by atoms with Crippen molar-refractivity contribution in [3.63, 3.8) is 0 Å². The van der Waals surface area contributed by atoms with Gasteiger partial charge in [0.1, 0.15) is 0 Å². The molecule has 1 aromatic heterocycles. The van der Waals surface area contributed by atoms with Crippen LogP contribution in [0.25, 0.3) is 0 Å². The van der Waals surface area contributed by atoms with Crippen molar-refractivity contribution in [3.05, 3.63) is 16.4 Å². The number of nitrogens with two attached hydrogens (primary N) is 1. The van der Waals surface area contributed by atoms with Gasteiger partial charge in [-0.2, -0.15) is 16.9 Å². The lowest BCUT2D eigenvalue weighted by atomic mass is 9.93. The topological polar surface area (TPSA) is 47.1 Å². The van der Waals surface area contributed by atoms with Gasteiger partial charge in [-0.1, -0.05) is 0 Å². The van der Waals surface area contributed by atoms with E-state index in [2.05, 4.69) is 56.5 Å². The van der Waals surface area contributed by atoms with Gasteiger partial charge in [0.25, 0.3) is 0 Å². The predicted molar refractivity (Wildman–Crippen MR) is 90.1 cm³/mol. The van der Waals surface area contributed by atoms with Crippen LogP contribution in [0.2, 0.25) is 0 Å². The van der Waals surface area contributed by atoms with Crippen LogP contribution in [0.3, 0.4) is 0 Å². The van der Waals surface area contributed by atoms with Crippen LogP contribution in [0.15, 0.2) is 10.7 Å². The average Bonchev–Trinajstić information content (AvgIpc) is 2.78. The minimum Gasteiger partial charge on any atom is -0.323 e. The first-order valence-electron chi connectivity index (χ1n) is 7.27. The summed E-state index contributed by atoms with van der Waals surface area (Å²) in [5.74, 6) is 3.35. The van der Waals surface area contributed by atoms with Gasteiger partial charge in [0, 0.05) is 12.6 Å². The Kier molecular flexibility index (Phi) is 6.39. The third kappa shape index (κ3) is 4.48. The lowest BCUT2D eigenvalue weighted by Crippen LogP contribution is -2.25. The number of hydrogen-bond donors (Lipinski definition) is 1. The summed E-state index contributed by atoms with van der Waals surface area (Å²) in [6.45, 7) is 1.87. The van der Waals surface area contributed by atoms with Crippen molar-refractivity contribution in [2.24, 2.45) is 11.7 Å². The SMILES string of the molecule is CN(C)CCn1ncc(Br)c1C(N)CC1CCSCC1. The van der Waals surface area contributed by atoms with Crippen molar-refractivity contribution in [1.29, 1.82) is 0 Å². The molecule has 4 nitrogen and oxygen atoms in total. The van der Waals surface area contributed by atoms with Gasteiger partial charge in [-0.15, -0.1) is 0 Å². The summed E-state index contributed by atoms with van der Waals surface area (Å²) in [5, 5.41) is 4.46. The number of aromatic nitrogens is 2. The lowest BCUT2D eigenvalue weighted by Gasteiger charge is -2.25. The van der Waals surface area contributed by atoms with E-state index in [1.807, 2.05) is 6.20 Å². The molecule has 2 heterocycles. The Balaban J connectivity index is 2.00. The first kappa shape index (κ1) is 16.3. The molecule has 2 rings (SSSR count). The number of hydrogen-bond acceptors (Lipinski definition) is 4. The second-order valence-corrected chi connectivity index (χ2v) is 7.88. The maximum Gasteiger partial charge on any atom is 0.0694 e. The highest BCUT2D eigenvalue weighted by Gasteiger charge is 2.22. The van der Waals surface area contributed by atoms with E-state index in [-0.39, 0.29) is 6.04 Å². The number of thioether (sulfide) groups is 1. The van der Waals surface area contributed by atoms with E-state index in [9.17, 15) is 0 Å². The fraction of sp³-hybridized carbons (Fsp3) is 0.786. The molecule has 20 heavy (non-hydrogen) atoms. The highest BCUT2D eigenvalue weighted by Crippen LogP contribution is 2.32. The van der Waals surface area contributed by atoms with E-state index in [0.29, 0.717) is 0 Å². The minimum atomic E-state index is 0.0853. The lowest BCUT2D eigenvalue weighted by molar-refractivity contribution is 0.355. The summed E-state index contributed by atoms with van der Waals surface area (Å²) in [7, 11) is 4.16. The van der Waals surface area contributed by atoms with Crippen molar-refractivity contribution < 1.29 is 0 Å². The van der Waals surface area contributed by atoms with Gasteiger partial charge >= 0.3 is 0 Å². The fourth-order valence-corrected chi connectivity index (χ4v) is 4.46. The van der Waals surface area contributed by atoms with Crippen molar-refractivity contribution in [2.75, 3.05) is 32.1 Å². The van der Waals surface area contributed by atoms with Gasteiger partial charge in [0.15, 0.2) is 0 Å². The first-order chi connectivity index (χ1) is 9.58. The van der Waals surface area contributed by atoms with Gasteiger partial charge in [-0.05, 0) is 66.7 Å². The molecule has 0 spiro atoms. The molecule has 0 radical (unpaired) electrons. The normalized spacial score (nSPS) is 18.6. The monoisotopic (exact) mass is 360 g/mol. The predicted octanol–water partition coefficient (Wildman–Crippen LogP) is 2.74. The van der Waals surface area contributed by atoms with Gasteiger partial charge in [0.2, 0.25) is 0 Å². The molecule has 6 heteroatoms. The van der Waals surface area contributed by atoms with E-state index < -0.39 is 0 Å². The van der Waals surface area contributed by atoms with E-state index in [4.69, 9.17) is 5.73 Å². The standard InChI is InChI=1S/C14H25BrN4S/c1-18(2)5-6-19-14(12(15)10-17-19)13(16)9-11-3-7-20-8-4-11/h10-11,13H,3-9,16H2,1-2H3. The molecule has 2 N–H and O–H groups in total. The molecule has 1 saturated heterocycles. The minimum absolute atomic E-state index is 0.0853. The van der Waals surface area contributed by atoms with Crippen LogP contribution in [0.4, 0.5) is 0 Å². The molecule has 0 aliphatic carbocycles. The smallest absolute Gasteiger partial charge is 0.0694 e. The van der Waals surface area contributed by atoms with Crippen molar-refractivity contribution in [3.8, 4) is 0 Å². The van der Waals surface area contributed by atoms with Crippen LogP contribution in [0.1, 0.15) is 31.0 Å². The molecule has 1 unspecified atom stereocenters. The van der Waals surface area contributed by atoms with Gasteiger partial charge in [-0.25, -0.2) is 0 Å². The van der Waals surface area contributed by atoms with Crippen molar-refractivity contribution >= 4 is 27.7 Å².